The summed E-state index contributed by atoms with van der Waals surface area (Å²) in [7, 11) is 0. The molecule has 0 aliphatic carbocycles. The molecule has 1 aromatic heterocycles. The van der Waals surface area contributed by atoms with Crippen LogP contribution in [0.4, 0.5) is 4.39 Å². The number of halogens is 1. The van der Waals surface area contributed by atoms with Gasteiger partial charge in [-0.15, -0.1) is 0 Å². The van der Waals surface area contributed by atoms with E-state index in [1.54, 1.807) is 0 Å². The molecular weight excluding hydrogens is 251 g/mol. The van der Waals surface area contributed by atoms with Crippen LogP contribution in [0.15, 0.2) is 48.7 Å². The van der Waals surface area contributed by atoms with Crippen LogP contribution in [0, 0.1) is 12.7 Å². The van der Waals surface area contributed by atoms with E-state index in [4.69, 9.17) is 5.73 Å². The van der Waals surface area contributed by atoms with Crippen molar-refractivity contribution in [2.24, 2.45) is 5.73 Å². The maximum absolute atomic E-state index is 14.0. The Morgan fingerprint density at radius 2 is 1.95 bits per heavy atom. The molecule has 0 radical (unpaired) electrons. The molecule has 3 rings (SSSR count). The van der Waals surface area contributed by atoms with E-state index in [9.17, 15) is 4.39 Å². The van der Waals surface area contributed by atoms with Crippen molar-refractivity contribution < 1.29 is 4.39 Å². The number of hydrogen-bond donors (Lipinski definition) is 1. The zero-order valence-corrected chi connectivity index (χ0v) is 11.4. The Balaban J connectivity index is 1.99. The summed E-state index contributed by atoms with van der Waals surface area (Å²) in [6, 6.07) is 13.6. The van der Waals surface area contributed by atoms with Crippen molar-refractivity contribution in [2.45, 2.75) is 20.0 Å². The summed E-state index contributed by atoms with van der Waals surface area (Å²) in [5, 5.41) is 1.18. The summed E-state index contributed by atoms with van der Waals surface area (Å²) in [6.07, 6.45) is 2.00. The van der Waals surface area contributed by atoms with Gasteiger partial charge in [0, 0.05) is 23.8 Å². The number of hydrogen-bond acceptors (Lipinski definition) is 1. The van der Waals surface area contributed by atoms with Crippen molar-refractivity contribution in [2.75, 3.05) is 0 Å². The summed E-state index contributed by atoms with van der Waals surface area (Å²) in [5.74, 6) is -0.192. The minimum atomic E-state index is -0.192. The molecule has 2 aromatic carbocycles. The van der Waals surface area contributed by atoms with Gasteiger partial charge in [0.25, 0.3) is 0 Å². The molecule has 102 valence electrons. The molecule has 0 amide bonds. The lowest BCUT2D eigenvalue weighted by molar-refractivity contribution is 0.600. The van der Waals surface area contributed by atoms with E-state index in [1.807, 2.05) is 18.3 Å². The van der Waals surface area contributed by atoms with Crippen LogP contribution in [-0.2, 0) is 13.1 Å². The number of rotatable bonds is 3. The van der Waals surface area contributed by atoms with Crippen LogP contribution in [-0.4, -0.2) is 4.57 Å². The van der Waals surface area contributed by atoms with Crippen LogP contribution in [0.2, 0.25) is 0 Å². The summed E-state index contributed by atoms with van der Waals surface area (Å²) in [6.45, 7) is 2.96. The lowest BCUT2D eigenvalue weighted by Crippen LogP contribution is -2.03. The summed E-state index contributed by atoms with van der Waals surface area (Å²) >= 11 is 0. The monoisotopic (exact) mass is 268 g/mol. The number of nitrogens with zero attached hydrogens (tertiary/aromatic N) is 1. The highest BCUT2D eigenvalue weighted by atomic mass is 19.1. The van der Waals surface area contributed by atoms with Crippen LogP contribution < -0.4 is 5.73 Å². The first-order valence-electron chi connectivity index (χ1n) is 6.70. The fourth-order valence-electron chi connectivity index (χ4n) is 2.46. The fraction of sp³-hybridized carbons (Fsp3) is 0.176. The standard InChI is InChI=1S/C17H17FN2/c1-12-2-4-14-6-7-20(17(14)8-12)11-15-5-3-13(10-19)9-16(15)18/h2-9H,10-11,19H2,1H3. The minimum Gasteiger partial charge on any atom is -0.343 e. The van der Waals surface area contributed by atoms with Crippen LogP contribution in [0.3, 0.4) is 0 Å². The molecular formula is C17H17FN2. The minimum absolute atomic E-state index is 0.192. The van der Waals surface area contributed by atoms with Gasteiger partial charge in [0.15, 0.2) is 0 Å². The Morgan fingerprint density at radius 1 is 1.10 bits per heavy atom. The maximum Gasteiger partial charge on any atom is 0.128 e. The first-order chi connectivity index (χ1) is 9.67. The van der Waals surface area contributed by atoms with Gasteiger partial charge in [0.1, 0.15) is 5.82 Å². The number of fused-ring (bicyclic) bond motifs is 1. The molecule has 0 atom stereocenters. The summed E-state index contributed by atoms with van der Waals surface area (Å²) in [4.78, 5) is 0. The van der Waals surface area contributed by atoms with E-state index in [-0.39, 0.29) is 5.82 Å². The third-order valence-electron chi connectivity index (χ3n) is 3.62. The van der Waals surface area contributed by atoms with Crippen molar-refractivity contribution in [3.8, 4) is 0 Å². The van der Waals surface area contributed by atoms with E-state index in [1.165, 1.54) is 17.0 Å². The van der Waals surface area contributed by atoms with Gasteiger partial charge < -0.3 is 10.3 Å². The van der Waals surface area contributed by atoms with Crippen LogP contribution in [0.25, 0.3) is 10.9 Å². The van der Waals surface area contributed by atoms with Crippen molar-refractivity contribution in [1.82, 2.24) is 4.57 Å². The Bertz CT molecular complexity index is 759. The number of aryl methyl sites for hydroxylation is 1. The summed E-state index contributed by atoms with van der Waals surface area (Å²) < 4.78 is 16.1. The molecule has 1 heterocycles. The van der Waals surface area contributed by atoms with Crippen LogP contribution in [0.1, 0.15) is 16.7 Å². The molecule has 0 saturated heterocycles. The number of benzene rings is 2. The highest BCUT2D eigenvalue weighted by Crippen LogP contribution is 2.20. The van der Waals surface area contributed by atoms with E-state index in [2.05, 4.69) is 35.8 Å². The van der Waals surface area contributed by atoms with E-state index in [0.29, 0.717) is 18.7 Å². The van der Waals surface area contributed by atoms with Crippen molar-refractivity contribution in [3.05, 3.63) is 71.2 Å². The second-order valence-corrected chi connectivity index (χ2v) is 5.14. The molecule has 3 heteroatoms. The second kappa shape index (κ2) is 5.10. The van der Waals surface area contributed by atoms with Gasteiger partial charge in [-0.25, -0.2) is 4.39 Å². The number of nitrogens with two attached hydrogens (primary N) is 1. The molecule has 0 saturated carbocycles. The molecule has 0 aliphatic heterocycles. The maximum atomic E-state index is 14.0. The normalized spacial score (nSPS) is 11.2. The first-order valence-corrected chi connectivity index (χ1v) is 6.70. The lowest BCUT2D eigenvalue weighted by atomic mass is 10.1. The van der Waals surface area contributed by atoms with Crippen molar-refractivity contribution in [1.29, 1.82) is 0 Å². The second-order valence-electron chi connectivity index (χ2n) is 5.14. The SMILES string of the molecule is Cc1ccc2ccn(Cc3ccc(CN)cc3F)c2c1. The molecule has 0 spiro atoms. The van der Waals surface area contributed by atoms with Crippen LogP contribution in [0.5, 0.6) is 0 Å². The van der Waals surface area contributed by atoms with Gasteiger partial charge in [-0.1, -0.05) is 24.3 Å². The quantitative estimate of drug-likeness (QED) is 0.773. The lowest BCUT2D eigenvalue weighted by Gasteiger charge is -2.08. The zero-order chi connectivity index (χ0) is 14.1. The predicted octanol–water partition coefficient (Wildman–Crippen LogP) is 3.60. The first kappa shape index (κ1) is 12.9. The summed E-state index contributed by atoms with van der Waals surface area (Å²) in [5.41, 5.74) is 9.36. The third kappa shape index (κ3) is 2.32. The topological polar surface area (TPSA) is 30.9 Å². The average Bonchev–Trinajstić information content (AvgIpc) is 2.83. The molecule has 0 bridgehead atoms. The fourth-order valence-corrected chi connectivity index (χ4v) is 2.46. The molecule has 20 heavy (non-hydrogen) atoms. The van der Waals surface area contributed by atoms with Gasteiger partial charge in [-0.05, 0) is 41.6 Å². The average molecular weight is 268 g/mol. The van der Waals surface area contributed by atoms with Gasteiger partial charge in [-0.3, -0.25) is 0 Å². The zero-order valence-electron chi connectivity index (χ0n) is 11.4. The highest BCUT2D eigenvalue weighted by molar-refractivity contribution is 5.80. The smallest absolute Gasteiger partial charge is 0.128 e. The van der Waals surface area contributed by atoms with E-state index in [0.717, 1.165) is 11.1 Å². The molecule has 0 fully saturated rings. The van der Waals surface area contributed by atoms with E-state index >= 15 is 0 Å². The van der Waals surface area contributed by atoms with Gasteiger partial charge in [0.05, 0.1) is 6.54 Å². The molecule has 2 N–H and O–H groups in total. The van der Waals surface area contributed by atoms with E-state index < -0.39 is 0 Å². The van der Waals surface area contributed by atoms with Crippen molar-refractivity contribution >= 4 is 10.9 Å². The number of aromatic nitrogens is 1. The Hall–Kier alpha value is -2.13. The highest BCUT2D eigenvalue weighted by Gasteiger charge is 2.06. The van der Waals surface area contributed by atoms with Gasteiger partial charge in [0.2, 0.25) is 0 Å². The molecule has 3 aromatic rings. The molecule has 0 unspecified atom stereocenters. The van der Waals surface area contributed by atoms with Crippen LogP contribution >= 0.6 is 0 Å². The van der Waals surface area contributed by atoms with Gasteiger partial charge >= 0.3 is 0 Å². The largest absolute Gasteiger partial charge is 0.343 e. The Labute approximate surface area is 117 Å². The third-order valence-corrected chi connectivity index (χ3v) is 3.62. The molecule has 0 aliphatic rings. The Morgan fingerprint density at radius 3 is 2.70 bits per heavy atom. The van der Waals surface area contributed by atoms with Gasteiger partial charge in [-0.2, -0.15) is 0 Å². The predicted molar refractivity (Wildman–Crippen MR) is 80.1 cm³/mol. The Kier molecular flexibility index (Phi) is 3.28. The van der Waals surface area contributed by atoms with Crippen molar-refractivity contribution in [3.63, 3.8) is 0 Å². The molecule has 2 nitrogen and oxygen atoms in total.